The third-order valence-electron chi connectivity index (χ3n) is 6.35. The molecule has 1 amide bonds. The van der Waals surface area contributed by atoms with Crippen molar-refractivity contribution in [1.29, 1.82) is 0 Å². The fourth-order valence-electron chi connectivity index (χ4n) is 4.37. The second-order valence-electron chi connectivity index (χ2n) is 8.36. The summed E-state index contributed by atoms with van der Waals surface area (Å²) in [5, 5.41) is 19.8. The number of halogens is 6. The Kier molecular flexibility index (Phi) is 5.87. The van der Waals surface area contributed by atoms with E-state index in [1.54, 1.807) is 0 Å². The molecule has 1 aromatic carbocycles. The van der Waals surface area contributed by atoms with Crippen molar-refractivity contribution in [3.8, 4) is 0 Å². The third kappa shape index (κ3) is 4.74. The number of anilines is 1. The maximum atomic E-state index is 13.0. The van der Waals surface area contributed by atoms with Crippen molar-refractivity contribution in [2.45, 2.75) is 69.0 Å². The van der Waals surface area contributed by atoms with E-state index in [2.05, 4.69) is 0 Å². The van der Waals surface area contributed by atoms with Gasteiger partial charge in [-0.05, 0) is 56.2 Å². The minimum absolute atomic E-state index is 0.0966. The van der Waals surface area contributed by atoms with Crippen LogP contribution in [0.5, 0.6) is 0 Å². The van der Waals surface area contributed by atoms with Crippen LogP contribution in [0.15, 0.2) is 24.3 Å². The number of carbonyl (C=O) groups excluding carboxylic acids is 1. The molecular formula is C20H23F6NO3. The average molecular weight is 439 g/mol. The summed E-state index contributed by atoms with van der Waals surface area (Å²) in [5.41, 5.74) is -2.15. The summed E-state index contributed by atoms with van der Waals surface area (Å²) in [6.07, 6.45) is -12.0. The Bertz CT molecular complexity index is 766. The van der Waals surface area contributed by atoms with Crippen molar-refractivity contribution < 1.29 is 41.4 Å². The third-order valence-corrected chi connectivity index (χ3v) is 6.35. The Labute approximate surface area is 169 Å². The molecule has 1 heterocycles. The molecule has 1 aromatic rings. The number of alkyl halides is 6. The minimum Gasteiger partial charge on any atom is -0.390 e. The van der Waals surface area contributed by atoms with Crippen molar-refractivity contribution in [1.82, 2.24) is 0 Å². The highest BCUT2D eigenvalue weighted by Crippen LogP contribution is 2.50. The Morgan fingerprint density at radius 2 is 1.53 bits per heavy atom. The highest BCUT2D eigenvalue weighted by Gasteiger charge is 2.52. The lowest BCUT2D eigenvalue weighted by Crippen LogP contribution is -2.43. The van der Waals surface area contributed by atoms with Gasteiger partial charge in [-0.15, -0.1) is 0 Å². The Morgan fingerprint density at radius 3 is 2.03 bits per heavy atom. The molecule has 0 bridgehead atoms. The number of rotatable bonds is 4. The van der Waals surface area contributed by atoms with Crippen molar-refractivity contribution in [2.75, 3.05) is 11.4 Å². The molecule has 1 saturated carbocycles. The molecule has 0 aromatic heterocycles. The minimum atomic E-state index is -4.79. The van der Waals surface area contributed by atoms with Crippen LogP contribution in [0.2, 0.25) is 0 Å². The maximum absolute atomic E-state index is 13.0. The number of benzene rings is 1. The molecule has 10 heteroatoms. The molecule has 1 spiro atoms. The number of amides is 1. The fraction of sp³-hybridized carbons (Fsp3) is 0.650. The van der Waals surface area contributed by atoms with Gasteiger partial charge in [-0.3, -0.25) is 4.79 Å². The van der Waals surface area contributed by atoms with E-state index in [0.717, 1.165) is 12.1 Å². The van der Waals surface area contributed by atoms with Crippen LogP contribution in [0, 0.1) is 5.41 Å². The molecule has 30 heavy (non-hydrogen) atoms. The summed E-state index contributed by atoms with van der Waals surface area (Å²) >= 11 is 0. The molecule has 2 aliphatic rings. The lowest BCUT2D eigenvalue weighted by molar-refractivity contribution is -0.206. The highest BCUT2D eigenvalue weighted by atomic mass is 19.4. The van der Waals surface area contributed by atoms with Gasteiger partial charge >= 0.3 is 12.4 Å². The van der Waals surface area contributed by atoms with Gasteiger partial charge in [-0.25, -0.2) is 0 Å². The van der Waals surface area contributed by atoms with E-state index in [9.17, 15) is 41.4 Å². The SMILES string of the molecule is O=C1N(c2ccc(C(O)C(F)(F)F)cc2)CCC12CCC(O)(CCC(F)(F)F)CC2. The van der Waals surface area contributed by atoms with E-state index < -0.39 is 42.3 Å². The maximum Gasteiger partial charge on any atom is 0.418 e. The van der Waals surface area contributed by atoms with Gasteiger partial charge in [0.15, 0.2) is 6.10 Å². The van der Waals surface area contributed by atoms with Crippen molar-refractivity contribution >= 4 is 11.6 Å². The second kappa shape index (κ2) is 7.71. The highest BCUT2D eigenvalue weighted by molar-refractivity contribution is 6.00. The van der Waals surface area contributed by atoms with Gasteiger partial charge in [-0.2, -0.15) is 26.3 Å². The van der Waals surface area contributed by atoms with E-state index in [-0.39, 0.29) is 37.2 Å². The lowest BCUT2D eigenvalue weighted by atomic mass is 9.66. The molecular weight excluding hydrogens is 416 g/mol. The average Bonchev–Trinajstić information content (AvgIpc) is 2.98. The second-order valence-corrected chi connectivity index (χ2v) is 8.36. The summed E-state index contributed by atoms with van der Waals surface area (Å²) in [4.78, 5) is 14.5. The van der Waals surface area contributed by atoms with E-state index in [0.29, 0.717) is 18.7 Å². The molecule has 2 fully saturated rings. The Hall–Kier alpha value is -1.81. The molecule has 4 nitrogen and oxygen atoms in total. The van der Waals surface area contributed by atoms with Crippen LogP contribution in [0.3, 0.4) is 0 Å². The van der Waals surface area contributed by atoms with Gasteiger partial charge < -0.3 is 15.1 Å². The molecule has 1 aliphatic heterocycles. The zero-order valence-electron chi connectivity index (χ0n) is 16.1. The van der Waals surface area contributed by atoms with Gasteiger partial charge in [0.2, 0.25) is 5.91 Å². The van der Waals surface area contributed by atoms with Crippen LogP contribution >= 0.6 is 0 Å². The number of hydrogen-bond donors (Lipinski definition) is 2. The monoisotopic (exact) mass is 439 g/mol. The molecule has 168 valence electrons. The summed E-state index contributed by atoms with van der Waals surface area (Å²) in [6.45, 7) is 0.334. The molecule has 2 N–H and O–H groups in total. The first kappa shape index (κ1) is 22.9. The molecule has 1 aliphatic carbocycles. The van der Waals surface area contributed by atoms with E-state index in [4.69, 9.17) is 0 Å². The van der Waals surface area contributed by atoms with Gasteiger partial charge in [0.25, 0.3) is 0 Å². The summed E-state index contributed by atoms with van der Waals surface area (Å²) < 4.78 is 75.3. The lowest BCUT2D eigenvalue weighted by Gasteiger charge is -2.41. The van der Waals surface area contributed by atoms with Crippen LogP contribution < -0.4 is 4.90 Å². The fourth-order valence-corrected chi connectivity index (χ4v) is 4.37. The largest absolute Gasteiger partial charge is 0.418 e. The van der Waals surface area contributed by atoms with Crippen LogP contribution in [0.1, 0.15) is 56.6 Å². The first-order valence-electron chi connectivity index (χ1n) is 9.71. The molecule has 0 radical (unpaired) electrons. The summed E-state index contributed by atoms with van der Waals surface area (Å²) in [7, 11) is 0. The van der Waals surface area contributed by atoms with Gasteiger partial charge in [0.05, 0.1) is 11.0 Å². The molecule has 1 saturated heterocycles. The number of carbonyl (C=O) groups is 1. The summed E-state index contributed by atoms with van der Waals surface area (Å²) in [5.74, 6) is -0.232. The first-order valence-corrected chi connectivity index (χ1v) is 9.71. The van der Waals surface area contributed by atoms with Crippen LogP contribution in [-0.4, -0.2) is 40.6 Å². The summed E-state index contributed by atoms with van der Waals surface area (Å²) in [6, 6.07) is 4.90. The zero-order valence-corrected chi connectivity index (χ0v) is 16.1. The standard InChI is InChI=1S/C20H23F6NO3/c21-19(22,23)10-9-18(30)7-5-17(6-8-18)11-12-27(16(17)29)14-3-1-13(2-4-14)15(28)20(24,25)26/h1-4,15,28,30H,5-12H2. The quantitative estimate of drug-likeness (QED) is 0.672. The predicted octanol–water partition coefficient (Wildman–Crippen LogP) is 4.65. The van der Waals surface area contributed by atoms with Crippen LogP contribution in [-0.2, 0) is 4.79 Å². The molecule has 1 atom stereocenters. The van der Waals surface area contributed by atoms with Crippen molar-refractivity contribution in [3.05, 3.63) is 29.8 Å². The van der Waals surface area contributed by atoms with Crippen molar-refractivity contribution in [3.63, 3.8) is 0 Å². The molecule has 1 unspecified atom stereocenters. The predicted molar refractivity (Wildman–Crippen MR) is 95.6 cm³/mol. The Morgan fingerprint density at radius 1 is 0.967 bits per heavy atom. The first-order chi connectivity index (χ1) is 13.7. The molecule has 3 rings (SSSR count). The van der Waals surface area contributed by atoms with Gasteiger partial charge in [-0.1, -0.05) is 12.1 Å². The van der Waals surface area contributed by atoms with Gasteiger partial charge in [0, 0.05) is 18.7 Å². The number of nitrogens with zero attached hydrogens (tertiary/aromatic N) is 1. The van der Waals surface area contributed by atoms with Crippen LogP contribution in [0.4, 0.5) is 32.0 Å². The topological polar surface area (TPSA) is 60.8 Å². The van der Waals surface area contributed by atoms with Crippen LogP contribution in [0.25, 0.3) is 0 Å². The van der Waals surface area contributed by atoms with Crippen molar-refractivity contribution in [2.24, 2.45) is 5.41 Å². The number of hydrogen-bond acceptors (Lipinski definition) is 3. The number of aliphatic hydroxyl groups is 2. The van der Waals surface area contributed by atoms with E-state index in [1.165, 1.54) is 17.0 Å². The normalized spacial score (nSPS) is 28.9. The number of aliphatic hydroxyl groups excluding tert-OH is 1. The zero-order chi connectivity index (χ0) is 22.4. The Balaban J connectivity index is 1.65. The van der Waals surface area contributed by atoms with E-state index >= 15 is 0 Å². The smallest absolute Gasteiger partial charge is 0.390 e. The van der Waals surface area contributed by atoms with Gasteiger partial charge in [0.1, 0.15) is 0 Å². The van der Waals surface area contributed by atoms with E-state index in [1.807, 2.05) is 0 Å².